The third-order valence-corrected chi connectivity index (χ3v) is 9.87. The van der Waals surface area contributed by atoms with Crippen molar-refractivity contribution in [1.82, 2.24) is 19.6 Å². The van der Waals surface area contributed by atoms with Crippen LogP contribution in [0, 0.1) is 11.3 Å². The second-order valence-corrected chi connectivity index (χ2v) is 12.9. The van der Waals surface area contributed by atoms with Crippen molar-refractivity contribution in [3.63, 3.8) is 0 Å². The average Bonchev–Trinajstić information content (AvgIpc) is 3.07. The molecule has 3 aromatic carbocycles. The first kappa shape index (κ1) is 34.5. The fourth-order valence-electron chi connectivity index (χ4n) is 7.18. The molecule has 3 heterocycles. The Balaban J connectivity index is 1.11. The van der Waals surface area contributed by atoms with E-state index in [1.165, 1.54) is 4.90 Å². The van der Waals surface area contributed by atoms with E-state index in [1.807, 2.05) is 30.3 Å². The molecule has 258 valence electrons. The molecule has 7 nitrogen and oxygen atoms in total. The summed E-state index contributed by atoms with van der Waals surface area (Å²) in [6, 6.07) is 19.0. The van der Waals surface area contributed by atoms with Crippen LogP contribution in [0.2, 0.25) is 0 Å². The third kappa shape index (κ3) is 7.76. The molecule has 0 aromatic heterocycles. The van der Waals surface area contributed by atoms with Gasteiger partial charge in [-0.15, -0.1) is 0 Å². The van der Waals surface area contributed by atoms with E-state index in [2.05, 4.69) is 15.9 Å². The Labute approximate surface area is 280 Å². The summed E-state index contributed by atoms with van der Waals surface area (Å²) in [6.07, 6.45) is -8.62. The van der Waals surface area contributed by atoms with E-state index in [9.17, 15) is 35.9 Å². The van der Waals surface area contributed by atoms with Crippen molar-refractivity contribution in [3.05, 3.63) is 106 Å². The first-order valence-corrected chi connectivity index (χ1v) is 16.2. The van der Waals surface area contributed by atoms with Crippen LogP contribution in [-0.4, -0.2) is 95.4 Å². The zero-order valence-corrected chi connectivity index (χ0v) is 26.6. The van der Waals surface area contributed by atoms with Gasteiger partial charge >= 0.3 is 12.4 Å². The van der Waals surface area contributed by atoms with Crippen LogP contribution in [0.3, 0.4) is 0 Å². The minimum Gasteiger partial charge on any atom is -0.335 e. The van der Waals surface area contributed by atoms with Gasteiger partial charge in [-0.2, -0.15) is 31.6 Å². The van der Waals surface area contributed by atoms with Crippen molar-refractivity contribution >= 4 is 11.8 Å². The van der Waals surface area contributed by atoms with E-state index in [-0.39, 0.29) is 30.6 Å². The number of hydrogen-bond acceptors (Lipinski definition) is 5. The van der Waals surface area contributed by atoms with E-state index >= 15 is 0 Å². The van der Waals surface area contributed by atoms with Gasteiger partial charge in [-0.25, -0.2) is 0 Å². The first-order valence-electron chi connectivity index (χ1n) is 16.2. The summed E-state index contributed by atoms with van der Waals surface area (Å²) in [5, 5.41) is 9.14. The predicted octanol–water partition coefficient (Wildman–Crippen LogP) is 5.95. The summed E-state index contributed by atoms with van der Waals surface area (Å²) in [6.45, 7) is 4.47. The molecule has 3 saturated heterocycles. The maximum absolute atomic E-state index is 13.7. The topological polar surface area (TPSA) is 70.9 Å². The van der Waals surface area contributed by atoms with Gasteiger partial charge in [0, 0.05) is 75.1 Å². The van der Waals surface area contributed by atoms with Crippen LogP contribution in [0.4, 0.5) is 26.3 Å². The predicted molar refractivity (Wildman–Crippen MR) is 168 cm³/mol. The molecule has 3 aliphatic rings. The molecule has 3 aromatic rings. The highest BCUT2D eigenvalue weighted by Gasteiger charge is 2.41. The summed E-state index contributed by atoms with van der Waals surface area (Å²) in [5.74, 6) is -0.943. The zero-order chi connectivity index (χ0) is 34.9. The molecule has 0 N–H and O–H groups in total. The minimum atomic E-state index is -5.05. The largest absolute Gasteiger partial charge is 0.416 e. The molecule has 6 rings (SSSR count). The van der Waals surface area contributed by atoms with E-state index in [0.29, 0.717) is 55.6 Å². The summed E-state index contributed by atoms with van der Waals surface area (Å²) >= 11 is 0. The van der Waals surface area contributed by atoms with Gasteiger partial charge in [0.15, 0.2) is 0 Å². The zero-order valence-electron chi connectivity index (χ0n) is 26.6. The first-order chi connectivity index (χ1) is 23.3. The third-order valence-electron chi connectivity index (χ3n) is 9.87. The molecule has 0 radical (unpaired) electrons. The smallest absolute Gasteiger partial charge is 0.335 e. The number of nitriles is 1. The number of carbonyl (C=O) groups is 2. The summed E-state index contributed by atoms with van der Waals surface area (Å²) in [4.78, 5) is 34.6. The van der Waals surface area contributed by atoms with E-state index in [4.69, 9.17) is 5.26 Å². The van der Waals surface area contributed by atoms with Crippen LogP contribution in [0.1, 0.15) is 55.8 Å². The van der Waals surface area contributed by atoms with E-state index < -0.39 is 41.0 Å². The molecule has 2 atom stereocenters. The number of piperidine rings is 1. The monoisotopic (exact) mass is 683 g/mol. The Morgan fingerprint density at radius 2 is 1.33 bits per heavy atom. The maximum atomic E-state index is 13.7. The van der Waals surface area contributed by atoms with E-state index in [1.54, 1.807) is 29.2 Å². The highest BCUT2D eigenvalue weighted by Crippen LogP contribution is 2.37. The molecule has 3 aliphatic heterocycles. The van der Waals surface area contributed by atoms with Crippen molar-refractivity contribution < 1.29 is 35.9 Å². The number of benzene rings is 3. The lowest BCUT2D eigenvalue weighted by atomic mass is 9.90. The Morgan fingerprint density at radius 3 is 1.92 bits per heavy atom. The Morgan fingerprint density at radius 1 is 0.714 bits per heavy atom. The maximum Gasteiger partial charge on any atom is 0.416 e. The van der Waals surface area contributed by atoms with Crippen molar-refractivity contribution in [2.24, 2.45) is 0 Å². The highest BCUT2D eigenvalue weighted by atomic mass is 19.4. The molecule has 2 amide bonds. The van der Waals surface area contributed by atoms with Crippen LogP contribution in [0.25, 0.3) is 0 Å². The van der Waals surface area contributed by atoms with Crippen molar-refractivity contribution in [3.8, 4) is 6.07 Å². The SMILES string of the molecule is N#Cc1cccc(C(=O)N2CC(N3CCN(C4CCN(C(=O)c5cc(C(F)(F)F)cc(C(F)(F)F)c5)C(Cc5ccccc5)C4)CC3)C2)c1. The molecule has 0 spiro atoms. The lowest BCUT2D eigenvalue weighted by Gasteiger charge is -2.50. The molecule has 2 unspecified atom stereocenters. The Hall–Kier alpha value is -4.41. The second kappa shape index (κ2) is 13.8. The Bertz CT molecular complexity index is 1680. The van der Waals surface area contributed by atoms with Gasteiger partial charge in [0.05, 0.1) is 22.8 Å². The summed E-state index contributed by atoms with van der Waals surface area (Å²) in [7, 11) is 0. The standard InChI is InChI=1S/C36H35F6N5O2/c37-35(38,39)28-17-27(18-29(19-28)36(40,41)42)34(49)47-10-9-30(20-31(47)16-24-5-2-1-3-6-24)44-11-13-45(14-12-44)32-22-46(23-32)33(48)26-8-4-7-25(15-26)21-43/h1-8,15,17-19,30-32H,9-14,16,20,22-23H2. The van der Waals surface area contributed by atoms with Crippen LogP contribution in [-0.2, 0) is 18.8 Å². The van der Waals surface area contributed by atoms with Crippen LogP contribution in [0.5, 0.6) is 0 Å². The minimum absolute atomic E-state index is 0.0394. The molecule has 0 saturated carbocycles. The molecular weight excluding hydrogens is 648 g/mol. The molecular formula is C36H35F6N5O2. The van der Waals surface area contributed by atoms with Crippen LogP contribution in [0.15, 0.2) is 72.8 Å². The lowest BCUT2D eigenvalue weighted by Crippen LogP contribution is -2.65. The van der Waals surface area contributed by atoms with Gasteiger partial charge in [0.1, 0.15) is 0 Å². The van der Waals surface area contributed by atoms with Gasteiger partial charge in [0.25, 0.3) is 11.8 Å². The molecule has 0 bridgehead atoms. The highest BCUT2D eigenvalue weighted by molar-refractivity contribution is 5.95. The Kier molecular flexibility index (Phi) is 9.73. The fraction of sp³-hybridized carbons (Fsp3) is 0.417. The fourth-order valence-corrected chi connectivity index (χ4v) is 7.18. The van der Waals surface area contributed by atoms with Crippen LogP contribution >= 0.6 is 0 Å². The molecule has 0 aliphatic carbocycles. The lowest BCUT2D eigenvalue weighted by molar-refractivity contribution is -0.143. The quantitative estimate of drug-likeness (QED) is 0.301. The summed E-state index contributed by atoms with van der Waals surface area (Å²) in [5.41, 5.74) is -1.80. The number of hydrogen-bond donors (Lipinski definition) is 0. The summed E-state index contributed by atoms with van der Waals surface area (Å²) < 4.78 is 81.5. The number of likely N-dealkylation sites (tertiary alicyclic amines) is 2. The van der Waals surface area contributed by atoms with Crippen molar-refractivity contribution in [2.75, 3.05) is 45.8 Å². The van der Waals surface area contributed by atoms with Gasteiger partial charge in [0.2, 0.25) is 0 Å². The number of piperazine rings is 1. The number of nitrogens with zero attached hydrogens (tertiary/aromatic N) is 5. The van der Waals surface area contributed by atoms with Gasteiger partial charge in [-0.05, 0) is 61.2 Å². The van der Waals surface area contributed by atoms with Crippen molar-refractivity contribution in [2.45, 2.75) is 49.7 Å². The number of rotatable bonds is 6. The van der Waals surface area contributed by atoms with Gasteiger partial charge in [-0.1, -0.05) is 36.4 Å². The molecule has 49 heavy (non-hydrogen) atoms. The van der Waals surface area contributed by atoms with Crippen LogP contribution < -0.4 is 0 Å². The average molecular weight is 684 g/mol. The number of amides is 2. The number of alkyl halides is 6. The normalized spacial score (nSPS) is 21.2. The number of carbonyl (C=O) groups excluding carboxylic acids is 2. The molecule has 13 heteroatoms. The van der Waals surface area contributed by atoms with E-state index in [0.717, 1.165) is 31.7 Å². The van der Waals surface area contributed by atoms with Gasteiger partial charge in [-0.3, -0.25) is 19.4 Å². The number of halogens is 6. The van der Waals surface area contributed by atoms with Crippen molar-refractivity contribution in [1.29, 1.82) is 5.26 Å². The second-order valence-electron chi connectivity index (χ2n) is 12.9. The molecule has 3 fully saturated rings. The van der Waals surface area contributed by atoms with Gasteiger partial charge < -0.3 is 9.80 Å².